The van der Waals surface area contributed by atoms with Crippen LogP contribution in [0.25, 0.3) is 0 Å². The van der Waals surface area contributed by atoms with Gasteiger partial charge in [-0.25, -0.2) is 4.68 Å². The van der Waals surface area contributed by atoms with E-state index >= 15 is 0 Å². The summed E-state index contributed by atoms with van der Waals surface area (Å²) in [4.78, 5) is 16.0. The molecular formula is C17H21N5O5. The molecule has 2 aromatic rings. The maximum atomic E-state index is 12.1. The van der Waals surface area contributed by atoms with Gasteiger partial charge in [-0.1, -0.05) is 5.21 Å². The van der Waals surface area contributed by atoms with Crippen LogP contribution in [0.3, 0.4) is 0 Å². The van der Waals surface area contributed by atoms with Gasteiger partial charge in [0.25, 0.3) is 5.91 Å². The van der Waals surface area contributed by atoms with E-state index in [1.54, 1.807) is 24.5 Å². The molecule has 0 unspecified atom stereocenters. The van der Waals surface area contributed by atoms with E-state index in [0.29, 0.717) is 11.3 Å². The standard InChI is InChI=1S/C17H21N5O5/c1-17(2)26-13-12(9-23)25-16(14(13)27-17)22-8-11(20-21-22)7-19-15(24)10-4-3-5-18-6-10/h3-6,8,12-14,16,23H,7,9H2,1-2H3,(H,19,24)/t12-,13-,14-,16-/m1/s1. The number of amides is 1. The lowest BCUT2D eigenvalue weighted by molar-refractivity contribution is -0.201. The van der Waals surface area contributed by atoms with Crippen LogP contribution in [0.4, 0.5) is 0 Å². The first-order valence-electron chi connectivity index (χ1n) is 8.68. The smallest absolute Gasteiger partial charge is 0.253 e. The van der Waals surface area contributed by atoms with Crippen molar-refractivity contribution in [2.75, 3.05) is 6.61 Å². The van der Waals surface area contributed by atoms with Gasteiger partial charge in [-0.05, 0) is 26.0 Å². The molecular weight excluding hydrogens is 354 g/mol. The highest BCUT2D eigenvalue weighted by molar-refractivity contribution is 5.93. The largest absolute Gasteiger partial charge is 0.394 e. The minimum atomic E-state index is -0.758. The quantitative estimate of drug-likeness (QED) is 0.750. The number of nitrogens with zero attached hydrogens (tertiary/aromatic N) is 4. The highest BCUT2D eigenvalue weighted by Crippen LogP contribution is 2.42. The van der Waals surface area contributed by atoms with Crippen LogP contribution in [0, 0.1) is 0 Å². The molecule has 10 nitrogen and oxygen atoms in total. The fraction of sp³-hybridized carbons (Fsp3) is 0.529. The Hall–Kier alpha value is -2.40. The van der Waals surface area contributed by atoms with E-state index in [0.717, 1.165) is 0 Å². The van der Waals surface area contributed by atoms with E-state index < -0.39 is 24.2 Å². The van der Waals surface area contributed by atoms with Crippen molar-refractivity contribution in [1.29, 1.82) is 0 Å². The van der Waals surface area contributed by atoms with Gasteiger partial charge in [0.05, 0.1) is 24.9 Å². The van der Waals surface area contributed by atoms with Crippen LogP contribution in [-0.4, -0.2) is 61.7 Å². The average Bonchev–Trinajstić information content (AvgIpc) is 3.33. The first-order valence-corrected chi connectivity index (χ1v) is 8.68. The SMILES string of the molecule is CC1(C)O[C@@H]2[C@H](O1)[C@@H](CO)O[C@H]2n1cc(CNC(=O)c2cccnc2)nn1. The molecule has 0 aliphatic carbocycles. The summed E-state index contributed by atoms with van der Waals surface area (Å²) in [5.74, 6) is -1.00. The van der Waals surface area contributed by atoms with Crippen LogP contribution in [0.5, 0.6) is 0 Å². The number of hydrogen-bond acceptors (Lipinski definition) is 8. The molecule has 144 valence electrons. The fourth-order valence-corrected chi connectivity index (χ4v) is 3.31. The van der Waals surface area contributed by atoms with E-state index in [4.69, 9.17) is 14.2 Å². The highest BCUT2D eigenvalue weighted by Gasteiger charge is 2.56. The van der Waals surface area contributed by atoms with Gasteiger partial charge in [0.1, 0.15) is 24.0 Å². The van der Waals surface area contributed by atoms with Gasteiger partial charge in [0.2, 0.25) is 0 Å². The molecule has 0 bridgehead atoms. The van der Waals surface area contributed by atoms with Crippen LogP contribution in [0.2, 0.25) is 0 Å². The van der Waals surface area contributed by atoms with Crippen LogP contribution in [-0.2, 0) is 20.8 Å². The Morgan fingerprint density at radius 1 is 1.37 bits per heavy atom. The minimum absolute atomic E-state index is 0.181. The van der Waals surface area contributed by atoms with Crippen molar-refractivity contribution in [2.45, 2.75) is 50.7 Å². The summed E-state index contributed by atoms with van der Waals surface area (Å²) in [6.07, 6.45) is 2.92. The van der Waals surface area contributed by atoms with Crippen molar-refractivity contribution in [3.05, 3.63) is 42.0 Å². The fourth-order valence-electron chi connectivity index (χ4n) is 3.31. The van der Waals surface area contributed by atoms with Crippen molar-refractivity contribution in [3.63, 3.8) is 0 Å². The number of aliphatic hydroxyl groups is 1. The maximum absolute atomic E-state index is 12.1. The molecule has 2 aromatic heterocycles. The predicted molar refractivity (Wildman–Crippen MR) is 90.3 cm³/mol. The van der Waals surface area contributed by atoms with E-state index in [1.165, 1.54) is 10.9 Å². The molecule has 2 aliphatic rings. The number of hydrogen-bond donors (Lipinski definition) is 2. The van der Waals surface area contributed by atoms with Crippen LogP contribution < -0.4 is 5.32 Å². The molecule has 1 amide bonds. The third-order valence-corrected chi connectivity index (χ3v) is 4.48. The highest BCUT2D eigenvalue weighted by atomic mass is 16.8. The molecule has 4 rings (SSSR count). The summed E-state index contributed by atoms with van der Waals surface area (Å²) in [6.45, 7) is 3.66. The number of carbonyl (C=O) groups is 1. The maximum Gasteiger partial charge on any atom is 0.253 e. The molecule has 2 N–H and O–H groups in total. The number of aromatic nitrogens is 4. The van der Waals surface area contributed by atoms with Crippen molar-refractivity contribution < 1.29 is 24.1 Å². The molecule has 4 heterocycles. The number of rotatable bonds is 5. The summed E-state index contributed by atoms with van der Waals surface area (Å²) in [5, 5.41) is 20.5. The second-order valence-corrected chi connectivity index (χ2v) is 6.93. The monoisotopic (exact) mass is 375 g/mol. The van der Waals surface area contributed by atoms with E-state index in [-0.39, 0.29) is 25.2 Å². The first kappa shape index (κ1) is 18.0. The second-order valence-electron chi connectivity index (χ2n) is 6.93. The lowest BCUT2D eigenvalue weighted by Crippen LogP contribution is -2.31. The first-order chi connectivity index (χ1) is 13.0. The van der Waals surface area contributed by atoms with Crippen molar-refractivity contribution in [1.82, 2.24) is 25.3 Å². The topological polar surface area (TPSA) is 121 Å². The third kappa shape index (κ3) is 3.56. The van der Waals surface area contributed by atoms with E-state index in [1.807, 2.05) is 13.8 Å². The van der Waals surface area contributed by atoms with E-state index in [9.17, 15) is 9.90 Å². The Kier molecular flexibility index (Phi) is 4.64. The van der Waals surface area contributed by atoms with Gasteiger partial charge in [-0.15, -0.1) is 5.10 Å². The number of nitrogens with one attached hydrogen (secondary N) is 1. The van der Waals surface area contributed by atoms with Gasteiger partial charge in [0, 0.05) is 12.4 Å². The number of ether oxygens (including phenoxy) is 3. The molecule has 2 aliphatic heterocycles. The lowest BCUT2D eigenvalue weighted by atomic mass is 10.1. The molecule has 2 fully saturated rings. The summed E-state index contributed by atoms with van der Waals surface area (Å²) in [7, 11) is 0. The summed E-state index contributed by atoms with van der Waals surface area (Å²) in [5.41, 5.74) is 1.04. The Morgan fingerprint density at radius 3 is 2.93 bits per heavy atom. The molecule has 0 spiro atoms. The van der Waals surface area contributed by atoms with Gasteiger partial charge in [-0.2, -0.15) is 0 Å². The summed E-state index contributed by atoms with van der Waals surface area (Å²) < 4.78 is 19.1. The molecule has 0 aromatic carbocycles. The number of carbonyl (C=O) groups excluding carboxylic acids is 1. The molecule has 0 saturated carbocycles. The van der Waals surface area contributed by atoms with Gasteiger partial charge in [-0.3, -0.25) is 9.78 Å². The second kappa shape index (κ2) is 6.97. The zero-order valence-corrected chi connectivity index (χ0v) is 15.0. The lowest BCUT2D eigenvalue weighted by Gasteiger charge is -2.23. The van der Waals surface area contributed by atoms with Crippen LogP contribution >= 0.6 is 0 Å². The average molecular weight is 375 g/mol. The molecule has 10 heteroatoms. The minimum Gasteiger partial charge on any atom is -0.394 e. The number of pyridine rings is 1. The van der Waals surface area contributed by atoms with Crippen molar-refractivity contribution in [3.8, 4) is 0 Å². The molecule has 4 atom stereocenters. The van der Waals surface area contributed by atoms with Crippen LogP contribution in [0.15, 0.2) is 30.7 Å². The summed E-state index contributed by atoms with van der Waals surface area (Å²) >= 11 is 0. The zero-order valence-electron chi connectivity index (χ0n) is 15.0. The van der Waals surface area contributed by atoms with Gasteiger partial charge < -0.3 is 24.6 Å². The van der Waals surface area contributed by atoms with Crippen molar-refractivity contribution in [2.24, 2.45) is 0 Å². The normalized spacial score (nSPS) is 28.9. The molecule has 0 radical (unpaired) electrons. The van der Waals surface area contributed by atoms with Gasteiger partial charge in [0.15, 0.2) is 12.0 Å². The Bertz CT molecular complexity index is 811. The number of aliphatic hydroxyl groups excluding tert-OH is 1. The molecule has 2 saturated heterocycles. The predicted octanol–water partition coefficient (Wildman–Crippen LogP) is 0.0129. The Balaban J connectivity index is 1.43. The Morgan fingerprint density at radius 2 is 2.19 bits per heavy atom. The van der Waals surface area contributed by atoms with E-state index in [2.05, 4.69) is 20.6 Å². The third-order valence-electron chi connectivity index (χ3n) is 4.48. The van der Waals surface area contributed by atoms with Gasteiger partial charge >= 0.3 is 0 Å². The summed E-state index contributed by atoms with van der Waals surface area (Å²) in [6, 6.07) is 3.38. The van der Waals surface area contributed by atoms with Crippen LogP contribution in [0.1, 0.15) is 36.1 Å². The number of fused-ring (bicyclic) bond motifs is 1. The zero-order chi connectivity index (χ0) is 19.0. The van der Waals surface area contributed by atoms with Crippen molar-refractivity contribution >= 4 is 5.91 Å². The molecule has 27 heavy (non-hydrogen) atoms. The Labute approximate surface area is 155 Å².